The van der Waals surface area contributed by atoms with Crippen molar-refractivity contribution in [2.45, 2.75) is 51.5 Å². The first-order valence-electron chi connectivity index (χ1n) is 7.36. The number of hydrogen-bond donors (Lipinski definition) is 2. The van der Waals surface area contributed by atoms with Gasteiger partial charge in [0.2, 0.25) is 0 Å². The van der Waals surface area contributed by atoms with Gasteiger partial charge in [-0.05, 0) is 31.1 Å². The van der Waals surface area contributed by atoms with E-state index in [1.165, 1.54) is 25.7 Å². The fraction of sp³-hybridized carbons (Fsp3) is 0.929. The van der Waals surface area contributed by atoms with E-state index in [0.29, 0.717) is 6.61 Å². The normalized spacial score (nSPS) is 32.2. The van der Waals surface area contributed by atoms with Crippen LogP contribution in [0.4, 0.5) is 4.79 Å². The molecule has 4 nitrogen and oxygen atoms in total. The van der Waals surface area contributed by atoms with Crippen LogP contribution in [-0.4, -0.2) is 31.8 Å². The molecular formula is C14H26N2O2. The molecule has 0 aromatic carbocycles. The van der Waals surface area contributed by atoms with Crippen LogP contribution in [0.3, 0.4) is 0 Å². The third kappa shape index (κ3) is 4.48. The maximum absolute atomic E-state index is 11.6. The molecule has 2 amide bonds. The Bertz CT molecular complexity index is 265. The summed E-state index contributed by atoms with van der Waals surface area (Å²) < 4.78 is 5.23. The summed E-state index contributed by atoms with van der Waals surface area (Å²) in [7, 11) is 0. The van der Waals surface area contributed by atoms with Crippen LogP contribution < -0.4 is 10.6 Å². The van der Waals surface area contributed by atoms with Crippen molar-refractivity contribution < 1.29 is 9.53 Å². The smallest absolute Gasteiger partial charge is 0.315 e. The molecule has 1 heterocycles. The van der Waals surface area contributed by atoms with Gasteiger partial charge in [-0.25, -0.2) is 4.79 Å². The molecule has 2 rings (SSSR count). The maximum Gasteiger partial charge on any atom is 0.315 e. The van der Waals surface area contributed by atoms with Crippen LogP contribution in [-0.2, 0) is 4.74 Å². The molecule has 2 fully saturated rings. The topological polar surface area (TPSA) is 50.4 Å². The molecule has 0 aromatic heterocycles. The molecule has 2 aliphatic rings. The van der Waals surface area contributed by atoms with E-state index in [1.807, 2.05) is 0 Å². The number of hydrogen-bond acceptors (Lipinski definition) is 2. The lowest BCUT2D eigenvalue weighted by molar-refractivity contribution is 0.188. The predicted octanol–water partition coefficient (Wildman–Crippen LogP) is 2.29. The molecule has 1 saturated carbocycles. The Morgan fingerprint density at radius 2 is 2.22 bits per heavy atom. The van der Waals surface area contributed by atoms with E-state index in [9.17, 15) is 4.79 Å². The summed E-state index contributed by atoms with van der Waals surface area (Å²) >= 11 is 0. The second-order valence-corrected chi connectivity index (χ2v) is 5.89. The first-order valence-corrected chi connectivity index (χ1v) is 7.36. The summed E-state index contributed by atoms with van der Waals surface area (Å²) in [5.41, 5.74) is 0. The number of carbonyl (C=O) groups is 1. The fourth-order valence-electron chi connectivity index (χ4n) is 3.10. The Balaban J connectivity index is 1.55. The summed E-state index contributed by atoms with van der Waals surface area (Å²) in [6, 6.07) is 0.175. The number of ether oxygens (including phenoxy) is 1. The van der Waals surface area contributed by atoms with Crippen LogP contribution >= 0.6 is 0 Å². The molecular weight excluding hydrogens is 228 g/mol. The lowest BCUT2D eigenvalue weighted by Gasteiger charge is -2.26. The Morgan fingerprint density at radius 3 is 2.94 bits per heavy atom. The average molecular weight is 254 g/mol. The van der Waals surface area contributed by atoms with Crippen molar-refractivity contribution in [2.24, 2.45) is 11.8 Å². The number of urea groups is 1. The molecule has 3 atom stereocenters. The number of rotatable bonds is 4. The highest BCUT2D eigenvalue weighted by Gasteiger charge is 2.20. The highest BCUT2D eigenvalue weighted by atomic mass is 16.5. The maximum atomic E-state index is 11.6. The van der Waals surface area contributed by atoms with Crippen LogP contribution in [0.15, 0.2) is 0 Å². The van der Waals surface area contributed by atoms with Gasteiger partial charge >= 0.3 is 6.03 Å². The Morgan fingerprint density at radius 1 is 1.33 bits per heavy atom. The minimum absolute atomic E-state index is 0.0330. The summed E-state index contributed by atoms with van der Waals surface area (Å²) in [6.07, 6.45) is 7.47. The molecule has 4 heteroatoms. The van der Waals surface area contributed by atoms with Crippen molar-refractivity contribution in [3.8, 4) is 0 Å². The van der Waals surface area contributed by atoms with Gasteiger partial charge in [0, 0.05) is 13.2 Å². The summed E-state index contributed by atoms with van der Waals surface area (Å²) in [5.74, 6) is 1.68. The van der Waals surface area contributed by atoms with Crippen LogP contribution in [0.2, 0.25) is 0 Å². The van der Waals surface area contributed by atoms with Gasteiger partial charge in [0.25, 0.3) is 0 Å². The average Bonchev–Trinajstić information content (AvgIpc) is 2.82. The zero-order valence-electron chi connectivity index (χ0n) is 11.4. The third-order valence-electron chi connectivity index (χ3n) is 4.15. The molecule has 0 spiro atoms. The zero-order valence-corrected chi connectivity index (χ0v) is 11.4. The predicted molar refractivity (Wildman–Crippen MR) is 71.5 cm³/mol. The van der Waals surface area contributed by atoms with Gasteiger partial charge in [-0.2, -0.15) is 0 Å². The van der Waals surface area contributed by atoms with E-state index in [-0.39, 0.29) is 12.1 Å². The van der Waals surface area contributed by atoms with Gasteiger partial charge < -0.3 is 15.4 Å². The zero-order chi connectivity index (χ0) is 12.8. The molecule has 0 bridgehead atoms. The molecule has 0 aromatic rings. The number of nitrogens with one attached hydrogen (secondary N) is 2. The van der Waals surface area contributed by atoms with Crippen molar-refractivity contribution >= 4 is 6.03 Å². The summed E-state index contributed by atoms with van der Waals surface area (Å²) in [6.45, 7) is 4.57. The van der Waals surface area contributed by atoms with Gasteiger partial charge in [0.15, 0.2) is 0 Å². The highest BCUT2D eigenvalue weighted by Crippen LogP contribution is 2.30. The van der Waals surface area contributed by atoms with E-state index in [1.54, 1.807) is 0 Å². The summed E-state index contributed by atoms with van der Waals surface area (Å²) in [4.78, 5) is 11.6. The van der Waals surface area contributed by atoms with E-state index in [0.717, 1.165) is 37.8 Å². The fourth-order valence-corrected chi connectivity index (χ4v) is 3.10. The van der Waals surface area contributed by atoms with Crippen molar-refractivity contribution in [3.63, 3.8) is 0 Å². The molecule has 104 valence electrons. The second-order valence-electron chi connectivity index (χ2n) is 5.89. The van der Waals surface area contributed by atoms with Crippen molar-refractivity contribution in [2.75, 3.05) is 19.8 Å². The van der Waals surface area contributed by atoms with E-state index < -0.39 is 0 Å². The lowest BCUT2D eigenvalue weighted by atomic mass is 9.81. The minimum Gasteiger partial charge on any atom is -0.379 e. The number of amides is 2. The van der Waals surface area contributed by atoms with Crippen LogP contribution in [0, 0.1) is 11.8 Å². The van der Waals surface area contributed by atoms with Gasteiger partial charge in [-0.3, -0.25) is 0 Å². The third-order valence-corrected chi connectivity index (χ3v) is 4.15. The number of carbonyl (C=O) groups excluding carboxylic acids is 1. The van der Waals surface area contributed by atoms with E-state index in [4.69, 9.17) is 4.74 Å². The molecule has 2 N–H and O–H groups in total. The lowest BCUT2D eigenvalue weighted by Crippen LogP contribution is -2.43. The summed E-state index contributed by atoms with van der Waals surface area (Å²) in [5, 5.41) is 5.92. The van der Waals surface area contributed by atoms with E-state index in [2.05, 4.69) is 17.6 Å². The monoisotopic (exact) mass is 254 g/mol. The van der Waals surface area contributed by atoms with E-state index >= 15 is 0 Å². The Hall–Kier alpha value is -0.770. The molecule has 1 saturated heterocycles. The Labute approximate surface area is 110 Å². The molecule has 18 heavy (non-hydrogen) atoms. The quantitative estimate of drug-likeness (QED) is 0.808. The SMILES string of the molecule is CC1CCCC(CCNC(=O)NC2CCOC2)C1. The second kappa shape index (κ2) is 6.98. The molecule has 1 aliphatic heterocycles. The van der Waals surface area contributed by atoms with Gasteiger partial charge in [-0.1, -0.05) is 26.2 Å². The minimum atomic E-state index is -0.0330. The van der Waals surface area contributed by atoms with Crippen LogP contribution in [0.1, 0.15) is 45.4 Å². The first kappa shape index (κ1) is 13.7. The van der Waals surface area contributed by atoms with Crippen molar-refractivity contribution in [1.29, 1.82) is 0 Å². The largest absolute Gasteiger partial charge is 0.379 e. The molecule has 3 unspecified atom stereocenters. The van der Waals surface area contributed by atoms with Crippen LogP contribution in [0.5, 0.6) is 0 Å². The van der Waals surface area contributed by atoms with Crippen LogP contribution in [0.25, 0.3) is 0 Å². The van der Waals surface area contributed by atoms with Gasteiger partial charge in [-0.15, -0.1) is 0 Å². The highest BCUT2D eigenvalue weighted by molar-refractivity contribution is 5.74. The standard InChI is InChI=1S/C14H26N2O2/c1-11-3-2-4-12(9-11)5-7-15-14(17)16-13-6-8-18-10-13/h11-13H,2-10H2,1H3,(H2,15,16,17). The molecule has 0 radical (unpaired) electrons. The van der Waals surface area contributed by atoms with Gasteiger partial charge in [0.05, 0.1) is 12.6 Å². The van der Waals surface area contributed by atoms with Crippen molar-refractivity contribution in [1.82, 2.24) is 10.6 Å². The Kier molecular flexibility index (Phi) is 5.29. The van der Waals surface area contributed by atoms with Gasteiger partial charge in [0.1, 0.15) is 0 Å². The molecule has 1 aliphatic carbocycles. The van der Waals surface area contributed by atoms with Crippen molar-refractivity contribution in [3.05, 3.63) is 0 Å². The first-order chi connectivity index (χ1) is 8.74.